The molecule has 0 aromatic rings. The SMILES string of the molecule is CC1CCC2(CC1)NC(=O)N(CCO)C2=O. The zero-order valence-corrected chi connectivity index (χ0v) is 9.53. The van der Waals surface area contributed by atoms with Crippen LogP contribution >= 0.6 is 0 Å². The summed E-state index contributed by atoms with van der Waals surface area (Å²) in [6, 6.07) is -0.353. The maximum Gasteiger partial charge on any atom is 0.325 e. The maximum atomic E-state index is 12.1. The highest BCUT2D eigenvalue weighted by molar-refractivity contribution is 6.07. The van der Waals surface area contributed by atoms with E-state index in [-0.39, 0.29) is 25.1 Å². The van der Waals surface area contributed by atoms with Crippen LogP contribution in [0.25, 0.3) is 0 Å². The first-order valence-corrected chi connectivity index (χ1v) is 5.84. The largest absolute Gasteiger partial charge is 0.395 e. The molecule has 1 heterocycles. The zero-order valence-electron chi connectivity index (χ0n) is 9.53. The highest BCUT2D eigenvalue weighted by atomic mass is 16.3. The van der Waals surface area contributed by atoms with E-state index in [4.69, 9.17) is 5.11 Å². The molecule has 0 aromatic heterocycles. The lowest BCUT2D eigenvalue weighted by Gasteiger charge is -2.33. The van der Waals surface area contributed by atoms with Gasteiger partial charge < -0.3 is 10.4 Å². The molecule has 5 heteroatoms. The molecule has 1 aliphatic carbocycles. The van der Waals surface area contributed by atoms with Gasteiger partial charge in [-0.15, -0.1) is 0 Å². The van der Waals surface area contributed by atoms with Crippen molar-refractivity contribution in [1.82, 2.24) is 10.2 Å². The molecule has 2 N–H and O–H groups in total. The lowest BCUT2D eigenvalue weighted by molar-refractivity contribution is -0.133. The van der Waals surface area contributed by atoms with Crippen LogP contribution in [0.2, 0.25) is 0 Å². The van der Waals surface area contributed by atoms with Crippen LogP contribution in [-0.2, 0) is 4.79 Å². The molecule has 0 atom stereocenters. The van der Waals surface area contributed by atoms with Crippen LogP contribution < -0.4 is 5.32 Å². The summed E-state index contributed by atoms with van der Waals surface area (Å²) in [6.07, 6.45) is 3.39. The second-order valence-electron chi connectivity index (χ2n) is 4.88. The van der Waals surface area contributed by atoms with E-state index >= 15 is 0 Å². The quantitative estimate of drug-likeness (QED) is 0.673. The molecule has 1 aliphatic heterocycles. The summed E-state index contributed by atoms with van der Waals surface area (Å²) in [6.45, 7) is 2.09. The van der Waals surface area contributed by atoms with E-state index < -0.39 is 5.54 Å². The monoisotopic (exact) mass is 226 g/mol. The maximum absolute atomic E-state index is 12.1. The van der Waals surface area contributed by atoms with Crippen molar-refractivity contribution in [3.8, 4) is 0 Å². The molecule has 3 amide bonds. The Morgan fingerprint density at radius 2 is 2.06 bits per heavy atom. The first-order chi connectivity index (χ1) is 7.59. The van der Waals surface area contributed by atoms with Crippen LogP contribution in [0, 0.1) is 5.92 Å². The van der Waals surface area contributed by atoms with Gasteiger partial charge in [-0.05, 0) is 31.6 Å². The number of imide groups is 1. The van der Waals surface area contributed by atoms with Crippen molar-refractivity contribution in [3.05, 3.63) is 0 Å². The standard InChI is InChI=1S/C11H18N2O3/c1-8-2-4-11(5-3-8)9(15)13(6-7-14)10(16)12-11/h8,14H,2-7H2,1H3,(H,12,16). The Kier molecular flexibility index (Phi) is 2.88. The molecule has 0 radical (unpaired) electrons. The van der Waals surface area contributed by atoms with Crippen molar-refractivity contribution in [2.45, 2.75) is 38.1 Å². The number of rotatable bonds is 2. The molecular formula is C11H18N2O3. The smallest absolute Gasteiger partial charge is 0.325 e. The first kappa shape index (κ1) is 11.4. The second kappa shape index (κ2) is 4.05. The number of carbonyl (C=O) groups is 2. The van der Waals surface area contributed by atoms with E-state index in [1.165, 1.54) is 0 Å². The number of nitrogens with zero attached hydrogens (tertiary/aromatic N) is 1. The molecule has 1 saturated heterocycles. The average molecular weight is 226 g/mol. The molecule has 16 heavy (non-hydrogen) atoms. The summed E-state index contributed by atoms with van der Waals surface area (Å²) in [5.41, 5.74) is -0.668. The van der Waals surface area contributed by atoms with Gasteiger partial charge in [-0.3, -0.25) is 9.69 Å². The Hall–Kier alpha value is -1.10. The first-order valence-electron chi connectivity index (χ1n) is 5.84. The summed E-state index contributed by atoms with van der Waals surface area (Å²) < 4.78 is 0. The van der Waals surface area contributed by atoms with Gasteiger partial charge >= 0.3 is 6.03 Å². The number of nitrogens with one attached hydrogen (secondary N) is 1. The predicted molar refractivity (Wildman–Crippen MR) is 57.7 cm³/mol. The van der Waals surface area contributed by atoms with Crippen molar-refractivity contribution in [2.24, 2.45) is 5.92 Å². The molecule has 0 aromatic carbocycles. The molecule has 0 bridgehead atoms. The number of urea groups is 1. The van der Waals surface area contributed by atoms with Crippen LogP contribution in [0.5, 0.6) is 0 Å². The Balaban J connectivity index is 2.13. The van der Waals surface area contributed by atoms with Crippen molar-refractivity contribution in [2.75, 3.05) is 13.2 Å². The number of hydrogen-bond acceptors (Lipinski definition) is 3. The summed E-state index contributed by atoms with van der Waals surface area (Å²) in [5, 5.41) is 11.6. The van der Waals surface area contributed by atoms with Gasteiger partial charge in [0.1, 0.15) is 5.54 Å². The highest BCUT2D eigenvalue weighted by Gasteiger charge is 2.51. The third-order valence-corrected chi connectivity index (χ3v) is 3.70. The molecule has 1 spiro atoms. The number of amides is 3. The molecule has 2 aliphatic rings. The van der Waals surface area contributed by atoms with Gasteiger partial charge in [-0.1, -0.05) is 6.92 Å². The van der Waals surface area contributed by atoms with E-state index in [1.54, 1.807) is 0 Å². The summed E-state index contributed by atoms with van der Waals surface area (Å²) in [7, 11) is 0. The van der Waals surface area contributed by atoms with Crippen LogP contribution in [0.1, 0.15) is 32.6 Å². The van der Waals surface area contributed by atoms with Gasteiger partial charge in [0.2, 0.25) is 0 Å². The summed E-state index contributed by atoms with van der Waals surface area (Å²) >= 11 is 0. The van der Waals surface area contributed by atoms with Gasteiger partial charge in [-0.25, -0.2) is 4.79 Å². The average Bonchev–Trinajstić information content (AvgIpc) is 2.49. The fraction of sp³-hybridized carbons (Fsp3) is 0.818. The topological polar surface area (TPSA) is 69.6 Å². The normalized spacial score (nSPS) is 34.6. The molecule has 2 fully saturated rings. The minimum atomic E-state index is -0.668. The lowest BCUT2D eigenvalue weighted by atomic mass is 9.77. The Bertz CT molecular complexity index is 308. The van der Waals surface area contributed by atoms with Gasteiger partial charge in [-0.2, -0.15) is 0 Å². The van der Waals surface area contributed by atoms with Gasteiger partial charge in [0.05, 0.1) is 13.2 Å². The van der Waals surface area contributed by atoms with Crippen molar-refractivity contribution >= 4 is 11.9 Å². The molecule has 90 valence electrons. The second-order valence-corrected chi connectivity index (χ2v) is 4.88. The third kappa shape index (κ3) is 1.69. The molecule has 1 saturated carbocycles. The molecular weight excluding hydrogens is 208 g/mol. The number of aliphatic hydroxyl groups is 1. The highest BCUT2D eigenvalue weighted by Crippen LogP contribution is 2.36. The third-order valence-electron chi connectivity index (χ3n) is 3.70. The van der Waals surface area contributed by atoms with Gasteiger partial charge in [0.15, 0.2) is 0 Å². The van der Waals surface area contributed by atoms with Crippen LogP contribution in [0.15, 0.2) is 0 Å². The Labute approximate surface area is 94.8 Å². The van der Waals surface area contributed by atoms with E-state index in [2.05, 4.69) is 12.2 Å². The number of carbonyl (C=O) groups excluding carboxylic acids is 2. The van der Waals surface area contributed by atoms with Crippen molar-refractivity contribution in [1.29, 1.82) is 0 Å². The van der Waals surface area contributed by atoms with Crippen LogP contribution in [0.3, 0.4) is 0 Å². The number of β-amino-alcohol motifs (C(OH)–C–C–N with tert-alkyl or cyclic N) is 1. The number of hydrogen-bond donors (Lipinski definition) is 2. The van der Waals surface area contributed by atoms with Crippen LogP contribution in [0.4, 0.5) is 4.79 Å². The number of aliphatic hydroxyl groups excluding tert-OH is 1. The minimum Gasteiger partial charge on any atom is -0.395 e. The fourth-order valence-electron chi connectivity index (χ4n) is 2.57. The fourth-order valence-corrected chi connectivity index (χ4v) is 2.57. The van der Waals surface area contributed by atoms with E-state index in [0.29, 0.717) is 5.92 Å². The van der Waals surface area contributed by atoms with Crippen molar-refractivity contribution in [3.63, 3.8) is 0 Å². The van der Waals surface area contributed by atoms with E-state index in [0.717, 1.165) is 30.6 Å². The lowest BCUT2D eigenvalue weighted by Crippen LogP contribution is -2.49. The minimum absolute atomic E-state index is 0.0992. The Morgan fingerprint density at radius 3 is 2.62 bits per heavy atom. The molecule has 0 unspecified atom stereocenters. The van der Waals surface area contributed by atoms with Gasteiger partial charge in [0, 0.05) is 0 Å². The predicted octanol–water partition coefficient (Wildman–Crippen LogP) is 0.479. The molecule has 2 rings (SSSR count). The van der Waals surface area contributed by atoms with Crippen molar-refractivity contribution < 1.29 is 14.7 Å². The zero-order chi connectivity index (χ0) is 11.8. The van der Waals surface area contributed by atoms with Gasteiger partial charge in [0.25, 0.3) is 5.91 Å². The van der Waals surface area contributed by atoms with Crippen LogP contribution in [-0.4, -0.2) is 40.6 Å². The van der Waals surface area contributed by atoms with E-state index in [1.807, 2.05) is 0 Å². The summed E-state index contributed by atoms with van der Waals surface area (Å²) in [4.78, 5) is 24.9. The molecule has 5 nitrogen and oxygen atoms in total. The Morgan fingerprint density at radius 1 is 1.44 bits per heavy atom. The summed E-state index contributed by atoms with van der Waals surface area (Å²) in [5.74, 6) is 0.473. The van der Waals surface area contributed by atoms with E-state index in [9.17, 15) is 9.59 Å².